The molecule has 30 heavy (non-hydrogen) atoms. The Morgan fingerprint density at radius 1 is 1.07 bits per heavy atom. The van der Waals surface area contributed by atoms with Crippen LogP contribution in [0.1, 0.15) is 19.2 Å². The van der Waals surface area contributed by atoms with Gasteiger partial charge in [0, 0.05) is 40.3 Å². The summed E-state index contributed by atoms with van der Waals surface area (Å²) >= 11 is 4.95. The lowest BCUT2D eigenvalue weighted by atomic mass is 10.2. The second-order valence-corrected chi connectivity index (χ2v) is 9.44. The second kappa shape index (κ2) is 8.25. The molecule has 5 rings (SSSR count). The van der Waals surface area contributed by atoms with E-state index < -0.39 is 0 Å². The average Bonchev–Trinajstić information content (AvgIpc) is 3.49. The van der Waals surface area contributed by atoms with Crippen molar-refractivity contribution in [3.8, 4) is 21.8 Å². The minimum absolute atomic E-state index is 0.764. The van der Waals surface area contributed by atoms with Crippen LogP contribution in [0.5, 0.6) is 0 Å². The van der Waals surface area contributed by atoms with E-state index in [0.29, 0.717) is 0 Å². The summed E-state index contributed by atoms with van der Waals surface area (Å²) in [5, 5.41) is 16.1. The van der Waals surface area contributed by atoms with Crippen LogP contribution in [0, 0.1) is 6.92 Å². The molecule has 0 atom stereocenters. The van der Waals surface area contributed by atoms with Gasteiger partial charge in [0.1, 0.15) is 15.7 Å². The van der Waals surface area contributed by atoms with Gasteiger partial charge in [-0.25, -0.2) is 9.97 Å². The van der Waals surface area contributed by atoms with Crippen molar-refractivity contribution in [3.63, 3.8) is 0 Å². The number of fused-ring (bicyclic) bond motifs is 1. The van der Waals surface area contributed by atoms with E-state index in [1.165, 1.54) is 10.4 Å². The summed E-state index contributed by atoms with van der Waals surface area (Å²) < 4.78 is 2.17. The van der Waals surface area contributed by atoms with Gasteiger partial charge in [-0.15, -0.1) is 32.9 Å². The van der Waals surface area contributed by atoms with E-state index in [2.05, 4.69) is 54.5 Å². The zero-order valence-corrected chi connectivity index (χ0v) is 18.9. The van der Waals surface area contributed by atoms with Gasteiger partial charge in [0.15, 0.2) is 11.0 Å². The number of pyridine rings is 1. The van der Waals surface area contributed by atoms with E-state index >= 15 is 0 Å². The lowest BCUT2D eigenvalue weighted by molar-refractivity contribution is 0.626. The van der Waals surface area contributed by atoms with Crippen LogP contribution in [-0.2, 0) is 6.54 Å². The third-order valence-corrected chi connectivity index (χ3v) is 7.34. The first-order chi connectivity index (χ1) is 14.7. The summed E-state index contributed by atoms with van der Waals surface area (Å²) in [6.07, 6.45) is 4.55. The Kier molecular flexibility index (Phi) is 5.32. The fraction of sp³-hybridized carbons (Fsp3) is 0.190. The first-order valence-corrected chi connectivity index (χ1v) is 12.1. The van der Waals surface area contributed by atoms with Crippen molar-refractivity contribution in [2.75, 3.05) is 0 Å². The Morgan fingerprint density at radius 3 is 2.70 bits per heavy atom. The maximum absolute atomic E-state index is 4.79. The predicted molar refractivity (Wildman–Crippen MR) is 123 cm³/mol. The van der Waals surface area contributed by atoms with Crippen molar-refractivity contribution in [1.29, 1.82) is 0 Å². The van der Waals surface area contributed by atoms with Gasteiger partial charge >= 0.3 is 0 Å². The quantitative estimate of drug-likeness (QED) is 0.298. The molecule has 150 valence electrons. The predicted octanol–water partition coefficient (Wildman–Crippen LogP) is 5.94. The molecule has 9 heteroatoms. The van der Waals surface area contributed by atoms with Crippen LogP contribution in [-0.4, -0.2) is 29.7 Å². The Bertz CT molecular complexity index is 1290. The lowest BCUT2D eigenvalue weighted by Crippen LogP contribution is -2.02. The van der Waals surface area contributed by atoms with Gasteiger partial charge in [0.2, 0.25) is 0 Å². The van der Waals surface area contributed by atoms with Gasteiger partial charge in [-0.1, -0.05) is 13.0 Å². The second-order valence-electron chi connectivity index (χ2n) is 6.68. The molecule has 0 spiro atoms. The van der Waals surface area contributed by atoms with Crippen molar-refractivity contribution in [2.45, 2.75) is 37.0 Å². The van der Waals surface area contributed by atoms with Crippen molar-refractivity contribution < 1.29 is 0 Å². The summed E-state index contributed by atoms with van der Waals surface area (Å²) in [6, 6.07) is 8.14. The van der Waals surface area contributed by atoms with Crippen LogP contribution in [0.25, 0.3) is 32.0 Å². The molecular weight excluding hydrogens is 432 g/mol. The van der Waals surface area contributed by atoms with Gasteiger partial charge in [0.25, 0.3) is 0 Å². The molecule has 0 unspecified atom stereocenters. The highest BCUT2D eigenvalue weighted by Gasteiger charge is 2.20. The van der Waals surface area contributed by atoms with Crippen molar-refractivity contribution in [1.82, 2.24) is 29.7 Å². The third-order valence-electron chi connectivity index (χ3n) is 4.59. The van der Waals surface area contributed by atoms with E-state index in [1.54, 1.807) is 46.8 Å². The molecule has 0 N–H and O–H groups in total. The largest absolute Gasteiger partial charge is 0.302 e. The molecule has 0 fully saturated rings. The van der Waals surface area contributed by atoms with Gasteiger partial charge < -0.3 is 4.57 Å². The standard InChI is InChI=1S/C21H18N6S3/c1-3-10-27-18(14-6-8-22-9-7-14)25-26-21(27)30-20-17-15(16-5-4-11-28-16)12-29-19(17)23-13(2)24-20/h4-9,11-12H,3,10H2,1-2H3. The van der Waals surface area contributed by atoms with Crippen LogP contribution < -0.4 is 0 Å². The summed E-state index contributed by atoms with van der Waals surface area (Å²) in [6.45, 7) is 4.93. The summed E-state index contributed by atoms with van der Waals surface area (Å²) in [5.41, 5.74) is 2.19. The molecule has 0 aliphatic heterocycles. The number of hydrogen-bond donors (Lipinski definition) is 0. The number of rotatable bonds is 6. The molecular formula is C21H18N6S3. The highest BCUT2D eigenvalue weighted by molar-refractivity contribution is 7.99. The van der Waals surface area contributed by atoms with Crippen molar-refractivity contribution in [2.24, 2.45) is 0 Å². The summed E-state index contributed by atoms with van der Waals surface area (Å²) in [7, 11) is 0. The molecule has 6 nitrogen and oxygen atoms in total. The number of hydrogen-bond acceptors (Lipinski definition) is 8. The Labute approximate surface area is 186 Å². The Hall–Kier alpha value is -2.62. The molecule has 5 heterocycles. The maximum atomic E-state index is 4.79. The van der Waals surface area contributed by atoms with Crippen LogP contribution in [0.4, 0.5) is 0 Å². The summed E-state index contributed by atoms with van der Waals surface area (Å²) in [5.74, 6) is 1.62. The van der Waals surface area contributed by atoms with Gasteiger partial charge in [0.05, 0.1) is 5.39 Å². The van der Waals surface area contributed by atoms with Crippen LogP contribution in [0.3, 0.4) is 0 Å². The van der Waals surface area contributed by atoms with E-state index in [-0.39, 0.29) is 0 Å². The minimum atomic E-state index is 0.764. The molecule has 0 amide bonds. The first kappa shape index (κ1) is 19.3. The van der Waals surface area contributed by atoms with E-state index in [4.69, 9.17) is 4.98 Å². The molecule has 0 bridgehead atoms. The zero-order valence-electron chi connectivity index (χ0n) is 16.4. The highest BCUT2D eigenvalue weighted by atomic mass is 32.2. The maximum Gasteiger partial charge on any atom is 0.197 e. The van der Waals surface area contributed by atoms with Crippen LogP contribution >= 0.6 is 34.4 Å². The fourth-order valence-corrected chi connectivity index (χ4v) is 6.19. The smallest absolute Gasteiger partial charge is 0.197 e. The van der Waals surface area contributed by atoms with E-state index in [0.717, 1.165) is 50.6 Å². The monoisotopic (exact) mass is 450 g/mol. The third kappa shape index (κ3) is 3.53. The molecule has 0 saturated heterocycles. The number of aromatic nitrogens is 6. The Morgan fingerprint density at radius 2 is 1.93 bits per heavy atom. The molecule has 0 saturated carbocycles. The van der Waals surface area contributed by atoms with Gasteiger partial charge in [-0.3, -0.25) is 4.98 Å². The van der Waals surface area contributed by atoms with Gasteiger partial charge in [-0.05, 0) is 48.7 Å². The molecule has 0 radical (unpaired) electrons. The highest BCUT2D eigenvalue weighted by Crippen LogP contribution is 2.41. The minimum Gasteiger partial charge on any atom is -0.302 e. The van der Waals surface area contributed by atoms with E-state index in [1.807, 2.05) is 19.1 Å². The van der Waals surface area contributed by atoms with Crippen LogP contribution in [0.2, 0.25) is 0 Å². The lowest BCUT2D eigenvalue weighted by Gasteiger charge is -2.09. The van der Waals surface area contributed by atoms with Crippen molar-refractivity contribution in [3.05, 3.63) is 53.2 Å². The topological polar surface area (TPSA) is 69.4 Å². The van der Waals surface area contributed by atoms with Crippen LogP contribution in [0.15, 0.2) is 57.6 Å². The molecule has 5 aromatic heterocycles. The molecule has 0 aromatic carbocycles. The molecule has 0 aliphatic rings. The van der Waals surface area contributed by atoms with Gasteiger partial charge in [-0.2, -0.15) is 0 Å². The fourth-order valence-electron chi connectivity index (χ4n) is 3.29. The number of nitrogens with zero attached hydrogens (tertiary/aromatic N) is 6. The molecule has 5 aromatic rings. The zero-order chi connectivity index (χ0) is 20.5. The average molecular weight is 451 g/mol. The first-order valence-electron chi connectivity index (χ1n) is 9.55. The van der Waals surface area contributed by atoms with Crippen molar-refractivity contribution >= 4 is 44.7 Å². The van der Waals surface area contributed by atoms with E-state index in [9.17, 15) is 0 Å². The number of thiophene rings is 2. The number of aryl methyl sites for hydroxylation is 1. The normalized spacial score (nSPS) is 11.4. The Balaban J connectivity index is 1.63. The SMILES string of the molecule is CCCn1c(Sc2nc(C)nc3scc(-c4cccs4)c23)nnc1-c1ccncc1. The summed E-state index contributed by atoms with van der Waals surface area (Å²) in [4.78, 5) is 15.8. The molecule has 0 aliphatic carbocycles.